The fraction of sp³-hybridized carbons (Fsp3) is 0.100. The molecule has 4 aliphatic carbocycles. The molecule has 308 valence electrons. The standard InChI is InChI=1S/C60H44O4/c1-61-40-25-16-35(17-26-40)52-44-10-5-6-11-45(44)53(36-18-27-41(62-2)28-19-36)58-48-14-9-15-49-57-50(33-24-39(56(52)58)34-51(48)57)60-55(38-22-31-43(64-4)32-23-38)47-13-8-7-12-46(47)54(59(49)60)37-20-29-42(63-3)30-21-37/h5-33,48H,34H2,1-4H3. The molecule has 8 aromatic rings. The van der Waals surface area contributed by atoms with Crippen LogP contribution in [0.1, 0.15) is 34.6 Å². The Morgan fingerprint density at radius 1 is 0.375 bits per heavy atom. The van der Waals surface area contributed by atoms with Crippen LogP contribution < -0.4 is 18.9 Å². The van der Waals surface area contributed by atoms with E-state index in [1.54, 1.807) is 28.4 Å². The Labute approximate surface area is 373 Å². The van der Waals surface area contributed by atoms with Gasteiger partial charge in [-0.15, -0.1) is 0 Å². The Bertz CT molecular complexity index is 3400. The van der Waals surface area contributed by atoms with E-state index in [9.17, 15) is 0 Å². The summed E-state index contributed by atoms with van der Waals surface area (Å²) in [6.45, 7) is 0. The third-order valence-electron chi connectivity index (χ3n) is 13.8. The fourth-order valence-corrected chi connectivity index (χ4v) is 11.0. The molecule has 0 amide bonds. The smallest absolute Gasteiger partial charge is 0.118 e. The normalized spacial score (nSPS) is 15.4. The molecule has 4 nitrogen and oxygen atoms in total. The largest absolute Gasteiger partial charge is 0.497 e. The van der Waals surface area contributed by atoms with Crippen molar-refractivity contribution >= 4 is 38.3 Å². The van der Waals surface area contributed by atoms with E-state index in [4.69, 9.17) is 18.9 Å². The van der Waals surface area contributed by atoms with Gasteiger partial charge < -0.3 is 18.9 Å². The summed E-state index contributed by atoms with van der Waals surface area (Å²) in [5.41, 5.74) is 21.4. The number of hydrogen-bond acceptors (Lipinski definition) is 4. The molecule has 2 bridgehead atoms. The molecule has 1 atom stereocenters. The Kier molecular flexibility index (Phi) is 8.84. The molecule has 0 aromatic heterocycles. The van der Waals surface area contributed by atoms with E-state index >= 15 is 0 Å². The monoisotopic (exact) mass is 828 g/mol. The molecule has 8 aromatic carbocycles. The van der Waals surface area contributed by atoms with Crippen molar-refractivity contribution in [1.29, 1.82) is 0 Å². The van der Waals surface area contributed by atoms with Crippen molar-refractivity contribution in [1.82, 2.24) is 0 Å². The van der Waals surface area contributed by atoms with Crippen LogP contribution >= 0.6 is 0 Å². The SMILES string of the molecule is COc1ccc(-c2c3c(c(-c4ccc(OC)cc4)c4ccccc24)C2=CC=C4CC5=C2C3=CC=CC5c2c4c(-c3ccc(OC)cc3)c3ccccc3c2-c2ccc(OC)cc2)cc1. The number of rotatable bonds is 8. The molecule has 64 heavy (non-hydrogen) atoms. The number of fused-ring (bicyclic) bond motifs is 9. The Morgan fingerprint density at radius 3 is 1.17 bits per heavy atom. The maximum atomic E-state index is 5.69. The Morgan fingerprint density at radius 2 is 0.750 bits per heavy atom. The van der Waals surface area contributed by atoms with Gasteiger partial charge >= 0.3 is 0 Å². The number of methoxy groups -OCH3 is 4. The molecule has 0 fully saturated rings. The second kappa shape index (κ2) is 14.9. The molecular formula is C60H44O4. The van der Waals surface area contributed by atoms with Crippen LogP contribution in [0.3, 0.4) is 0 Å². The lowest BCUT2D eigenvalue weighted by molar-refractivity contribution is 0.415. The van der Waals surface area contributed by atoms with Gasteiger partial charge in [-0.2, -0.15) is 0 Å². The molecule has 0 aliphatic heterocycles. The van der Waals surface area contributed by atoms with E-state index in [2.05, 4.69) is 176 Å². The van der Waals surface area contributed by atoms with Gasteiger partial charge in [-0.1, -0.05) is 127 Å². The van der Waals surface area contributed by atoms with Crippen LogP contribution in [0.15, 0.2) is 187 Å². The van der Waals surface area contributed by atoms with Crippen molar-refractivity contribution in [3.05, 3.63) is 209 Å². The van der Waals surface area contributed by atoms with Crippen LogP contribution in [0.4, 0.5) is 0 Å². The van der Waals surface area contributed by atoms with Gasteiger partial charge in [0.2, 0.25) is 0 Å². The van der Waals surface area contributed by atoms with Gasteiger partial charge in [0, 0.05) is 5.92 Å². The van der Waals surface area contributed by atoms with Gasteiger partial charge in [-0.3, -0.25) is 0 Å². The lowest BCUT2D eigenvalue weighted by Gasteiger charge is -2.34. The lowest BCUT2D eigenvalue weighted by Crippen LogP contribution is -2.15. The van der Waals surface area contributed by atoms with Gasteiger partial charge in [0.1, 0.15) is 23.0 Å². The zero-order valence-electron chi connectivity index (χ0n) is 36.2. The van der Waals surface area contributed by atoms with Gasteiger partial charge in [0.25, 0.3) is 0 Å². The average molecular weight is 829 g/mol. The highest BCUT2D eigenvalue weighted by Crippen LogP contribution is 2.63. The molecule has 1 unspecified atom stereocenters. The molecular weight excluding hydrogens is 785 g/mol. The van der Waals surface area contributed by atoms with Crippen molar-refractivity contribution < 1.29 is 18.9 Å². The first-order chi connectivity index (χ1) is 31.6. The summed E-state index contributed by atoms with van der Waals surface area (Å²) in [5, 5.41) is 4.88. The molecule has 4 heteroatoms. The van der Waals surface area contributed by atoms with E-state index in [0.717, 1.165) is 40.5 Å². The second-order valence-corrected chi connectivity index (χ2v) is 16.8. The Balaban J connectivity index is 1.22. The van der Waals surface area contributed by atoms with E-state index < -0.39 is 0 Å². The zero-order chi connectivity index (χ0) is 43.1. The summed E-state index contributed by atoms with van der Waals surface area (Å²) < 4.78 is 22.7. The van der Waals surface area contributed by atoms with Crippen molar-refractivity contribution in [3.8, 4) is 67.5 Å². The minimum Gasteiger partial charge on any atom is -0.497 e. The number of benzene rings is 8. The third-order valence-corrected chi connectivity index (χ3v) is 13.8. The molecule has 0 heterocycles. The van der Waals surface area contributed by atoms with Crippen LogP contribution in [0.2, 0.25) is 0 Å². The van der Waals surface area contributed by atoms with E-state index in [1.807, 2.05) is 0 Å². The van der Waals surface area contributed by atoms with Crippen LogP contribution in [0, 0.1) is 0 Å². The summed E-state index contributed by atoms with van der Waals surface area (Å²) in [7, 11) is 6.92. The first-order valence-corrected chi connectivity index (χ1v) is 21.9. The highest BCUT2D eigenvalue weighted by atomic mass is 16.5. The second-order valence-electron chi connectivity index (χ2n) is 16.8. The summed E-state index contributed by atoms with van der Waals surface area (Å²) in [6, 6.07) is 52.3. The fourth-order valence-electron chi connectivity index (χ4n) is 11.0. The molecule has 0 saturated carbocycles. The average Bonchev–Trinajstić information content (AvgIpc) is 3.44. The number of ether oxygens (including phenoxy) is 4. The first kappa shape index (κ1) is 37.9. The topological polar surface area (TPSA) is 36.9 Å². The lowest BCUT2D eigenvalue weighted by atomic mass is 9.68. The van der Waals surface area contributed by atoms with Crippen molar-refractivity contribution in [2.45, 2.75) is 12.3 Å². The highest BCUT2D eigenvalue weighted by Gasteiger charge is 2.42. The summed E-state index contributed by atoms with van der Waals surface area (Å²) in [4.78, 5) is 0. The maximum Gasteiger partial charge on any atom is 0.118 e. The van der Waals surface area contributed by atoms with Gasteiger partial charge in [0.15, 0.2) is 0 Å². The van der Waals surface area contributed by atoms with Crippen LogP contribution in [-0.4, -0.2) is 28.4 Å². The van der Waals surface area contributed by atoms with Crippen molar-refractivity contribution in [2.75, 3.05) is 28.4 Å². The predicted molar refractivity (Wildman–Crippen MR) is 263 cm³/mol. The molecule has 0 N–H and O–H groups in total. The molecule has 12 rings (SSSR count). The predicted octanol–water partition coefficient (Wildman–Crippen LogP) is 14.9. The quantitative estimate of drug-likeness (QED) is 0.153. The molecule has 0 saturated heterocycles. The van der Waals surface area contributed by atoms with Crippen molar-refractivity contribution in [3.63, 3.8) is 0 Å². The van der Waals surface area contributed by atoms with Crippen LogP contribution in [0.25, 0.3) is 82.8 Å². The molecule has 4 aliphatic rings. The van der Waals surface area contributed by atoms with E-state index in [1.165, 1.54) is 105 Å². The minimum atomic E-state index is -0.00583. The van der Waals surface area contributed by atoms with Crippen LogP contribution in [0.5, 0.6) is 23.0 Å². The molecule has 0 radical (unpaired) electrons. The molecule has 0 spiro atoms. The van der Waals surface area contributed by atoms with E-state index in [-0.39, 0.29) is 5.92 Å². The number of allylic oxidation sites excluding steroid dienone is 10. The van der Waals surface area contributed by atoms with Crippen molar-refractivity contribution in [2.24, 2.45) is 0 Å². The summed E-state index contributed by atoms with van der Waals surface area (Å²) >= 11 is 0. The minimum absolute atomic E-state index is 0.00583. The third kappa shape index (κ3) is 5.62. The van der Waals surface area contributed by atoms with Crippen LogP contribution in [-0.2, 0) is 0 Å². The number of hydrogen-bond donors (Lipinski definition) is 0. The maximum absolute atomic E-state index is 5.69. The zero-order valence-corrected chi connectivity index (χ0v) is 36.2. The van der Waals surface area contributed by atoms with Gasteiger partial charge in [-0.05, 0) is 171 Å². The Hall–Kier alpha value is -7.82. The van der Waals surface area contributed by atoms with Gasteiger partial charge in [0.05, 0.1) is 28.4 Å². The first-order valence-electron chi connectivity index (χ1n) is 21.9. The van der Waals surface area contributed by atoms with Gasteiger partial charge in [-0.25, -0.2) is 0 Å². The summed E-state index contributed by atoms with van der Waals surface area (Å²) in [6.07, 6.45) is 12.9. The summed E-state index contributed by atoms with van der Waals surface area (Å²) in [5.74, 6) is 3.35. The van der Waals surface area contributed by atoms with E-state index in [0.29, 0.717) is 0 Å². The highest BCUT2D eigenvalue weighted by molar-refractivity contribution is 6.24.